The molecule has 1 saturated heterocycles. The quantitative estimate of drug-likeness (QED) is 0.261. The van der Waals surface area contributed by atoms with E-state index in [2.05, 4.69) is 50.4 Å². The number of hydrogen-bond acceptors (Lipinski definition) is 5. The van der Waals surface area contributed by atoms with E-state index < -0.39 is 37.7 Å². The lowest BCUT2D eigenvalue weighted by Gasteiger charge is -2.46. The van der Waals surface area contributed by atoms with E-state index in [4.69, 9.17) is 37.1 Å². The highest BCUT2D eigenvalue weighted by molar-refractivity contribution is 6.99. The Kier molecular flexibility index (Phi) is 11.0. The van der Waals surface area contributed by atoms with E-state index in [0.29, 0.717) is 10.0 Å². The minimum absolute atomic E-state index is 0.00189. The smallest absolute Gasteiger partial charge is 0.410 e. The zero-order valence-corrected chi connectivity index (χ0v) is 30.5. The minimum Gasteiger partial charge on any atom is -0.444 e. The molecule has 0 aliphatic carbocycles. The van der Waals surface area contributed by atoms with Crippen LogP contribution in [0.25, 0.3) is 0 Å². The fraction of sp³-hybridized carbons (Fsp3) is 0.444. The number of hydrogen-bond donors (Lipinski definition) is 1. The first kappa shape index (κ1) is 36.0. The maximum Gasteiger partial charge on any atom is 0.410 e. The molecule has 0 saturated carbocycles. The highest BCUT2D eigenvalue weighted by Crippen LogP contribution is 2.37. The van der Waals surface area contributed by atoms with Gasteiger partial charge < -0.3 is 19.2 Å². The zero-order chi connectivity index (χ0) is 33.9. The second kappa shape index (κ2) is 14.1. The van der Waals surface area contributed by atoms with E-state index in [1.165, 1.54) is 0 Å². The summed E-state index contributed by atoms with van der Waals surface area (Å²) in [6, 6.07) is 25.3. The van der Waals surface area contributed by atoms with Gasteiger partial charge in [0.25, 0.3) is 14.2 Å². The standard InChI is InChI=1S/C36H46Cl2N2O5Si/c1-34(2,3)45-33(42)40-22-31(32(41)39-36(7,8)25-19-26(37)21-27(38)20-25)43-23-28(40)24-44-46(35(4,5)6,29-15-11-9-12-16-29)30-17-13-10-14-18-30/h9-21,28,31H,22-24H2,1-8H3,(H,39,41)/t28-,31-/m0/s1. The number of carbonyl (C=O) groups is 2. The van der Waals surface area contributed by atoms with Crippen molar-refractivity contribution >= 4 is 53.9 Å². The number of nitrogens with one attached hydrogen (secondary N) is 1. The Balaban J connectivity index is 1.62. The molecule has 248 valence electrons. The van der Waals surface area contributed by atoms with Gasteiger partial charge in [-0.25, -0.2) is 4.79 Å². The van der Waals surface area contributed by atoms with Crippen molar-refractivity contribution in [2.45, 2.75) is 83.7 Å². The topological polar surface area (TPSA) is 77.1 Å². The van der Waals surface area contributed by atoms with Crippen molar-refractivity contribution in [2.24, 2.45) is 0 Å². The van der Waals surface area contributed by atoms with Crippen LogP contribution in [0.1, 0.15) is 61.0 Å². The Morgan fingerprint density at radius 2 is 1.39 bits per heavy atom. The van der Waals surface area contributed by atoms with Gasteiger partial charge in [-0.3, -0.25) is 9.69 Å². The van der Waals surface area contributed by atoms with Gasteiger partial charge in [0, 0.05) is 10.0 Å². The molecule has 3 aromatic carbocycles. The molecular weight excluding hydrogens is 639 g/mol. The number of morpholine rings is 1. The number of amides is 2. The van der Waals surface area contributed by atoms with Crippen molar-refractivity contribution in [2.75, 3.05) is 19.8 Å². The summed E-state index contributed by atoms with van der Waals surface area (Å²) >= 11 is 12.5. The lowest BCUT2D eigenvalue weighted by Crippen LogP contribution is -2.68. The molecule has 46 heavy (non-hydrogen) atoms. The second-order valence-electron chi connectivity index (χ2n) is 14.4. The summed E-state index contributed by atoms with van der Waals surface area (Å²) in [7, 11) is -2.90. The first-order valence-electron chi connectivity index (χ1n) is 15.6. The van der Waals surface area contributed by atoms with Gasteiger partial charge in [0.2, 0.25) is 0 Å². The van der Waals surface area contributed by atoms with E-state index in [0.717, 1.165) is 15.9 Å². The van der Waals surface area contributed by atoms with Crippen molar-refractivity contribution in [3.05, 3.63) is 94.5 Å². The molecule has 1 heterocycles. The van der Waals surface area contributed by atoms with Gasteiger partial charge in [-0.05, 0) is 73.8 Å². The van der Waals surface area contributed by atoms with Crippen LogP contribution in [0.2, 0.25) is 15.1 Å². The van der Waals surface area contributed by atoms with E-state index >= 15 is 0 Å². The summed E-state index contributed by atoms with van der Waals surface area (Å²) in [5.74, 6) is -0.360. The lowest BCUT2D eigenvalue weighted by atomic mass is 9.94. The molecule has 7 nitrogen and oxygen atoms in total. The molecule has 0 radical (unpaired) electrons. The summed E-state index contributed by atoms with van der Waals surface area (Å²) in [5.41, 5.74) is -0.797. The Labute approximate surface area is 284 Å². The van der Waals surface area contributed by atoms with E-state index in [1.54, 1.807) is 23.1 Å². The first-order valence-corrected chi connectivity index (χ1v) is 18.2. The van der Waals surface area contributed by atoms with Gasteiger partial charge in [0.05, 0.1) is 31.3 Å². The van der Waals surface area contributed by atoms with Crippen LogP contribution < -0.4 is 15.7 Å². The molecule has 1 aliphatic rings. The Bertz CT molecular complexity index is 1450. The molecule has 0 unspecified atom stereocenters. The third-order valence-electron chi connectivity index (χ3n) is 8.14. The van der Waals surface area contributed by atoms with Gasteiger partial charge in [-0.15, -0.1) is 0 Å². The van der Waals surface area contributed by atoms with Crippen LogP contribution in [0.4, 0.5) is 4.79 Å². The van der Waals surface area contributed by atoms with Crippen LogP contribution in [-0.2, 0) is 24.2 Å². The molecule has 1 aliphatic heterocycles. The SMILES string of the molecule is CC(C)(C)OC(=O)N1C[C@@H](C(=O)NC(C)(C)c2cc(Cl)cc(Cl)c2)OC[C@H]1CO[Si](c1ccccc1)(c1ccccc1)C(C)(C)C. The molecule has 4 rings (SSSR count). The summed E-state index contributed by atoms with van der Waals surface area (Å²) < 4.78 is 19.2. The van der Waals surface area contributed by atoms with E-state index in [9.17, 15) is 9.59 Å². The van der Waals surface area contributed by atoms with Gasteiger partial charge in [-0.2, -0.15) is 0 Å². The Morgan fingerprint density at radius 1 is 0.870 bits per heavy atom. The average molecular weight is 686 g/mol. The fourth-order valence-corrected chi connectivity index (χ4v) is 11.0. The summed E-state index contributed by atoms with van der Waals surface area (Å²) in [5, 5.41) is 6.01. The number of nitrogens with zero attached hydrogens (tertiary/aromatic N) is 1. The van der Waals surface area contributed by atoms with Crippen molar-refractivity contribution in [1.82, 2.24) is 10.2 Å². The van der Waals surface area contributed by atoms with Crippen LogP contribution in [0.15, 0.2) is 78.9 Å². The summed E-state index contributed by atoms with van der Waals surface area (Å²) in [4.78, 5) is 28.9. The van der Waals surface area contributed by atoms with Crippen LogP contribution in [0.5, 0.6) is 0 Å². The summed E-state index contributed by atoms with van der Waals surface area (Å²) in [6.45, 7) is 16.1. The molecule has 2 atom stereocenters. The van der Waals surface area contributed by atoms with Crippen molar-refractivity contribution in [1.29, 1.82) is 0 Å². The zero-order valence-electron chi connectivity index (χ0n) is 28.0. The molecule has 10 heteroatoms. The third-order valence-corrected chi connectivity index (χ3v) is 13.6. The van der Waals surface area contributed by atoms with Crippen LogP contribution in [0, 0.1) is 0 Å². The highest BCUT2D eigenvalue weighted by atomic mass is 35.5. The molecule has 1 N–H and O–H groups in total. The highest BCUT2D eigenvalue weighted by Gasteiger charge is 2.51. The normalized spacial score (nSPS) is 17.8. The maximum absolute atomic E-state index is 13.7. The monoisotopic (exact) mass is 684 g/mol. The number of rotatable bonds is 8. The predicted octanol–water partition coefficient (Wildman–Crippen LogP) is 6.93. The van der Waals surface area contributed by atoms with Gasteiger partial charge >= 0.3 is 6.09 Å². The van der Waals surface area contributed by atoms with Crippen molar-refractivity contribution in [3.8, 4) is 0 Å². The number of halogens is 2. The third kappa shape index (κ3) is 8.33. The predicted molar refractivity (Wildman–Crippen MR) is 188 cm³/mol. The molecule has 3 aromatic rings. The maximum atomic E-state index is 13.7. The number of carbonyl (C=O) groups excluding carboxylic acids is 2. The average Bonchev–Trinajstić information content (AvgIpc) is 2.96. The fourth-order valence-electron chi connectivity index (χ4n) is 5.90. The molecule has 1 fully saturated rings. The van der Waals surface area contributed by atoms with Gasteiger partial charge in [0.15, 0.2) is 6.10 Å². The lowest BCUT2D eigenvalue weighted by molar-refractivity contribution is -0.144. The first-order chi connectivity index (χ1) is 21.4. The largest absolute Gasteiger partial charge is 0.444 e. The number of benzene rings is 3. The van der Waals surface area contributed by atoms with Gasteiger partial charge in [0.1, 0.15) is 5.60 Å². The molecule has 0 bridgehead atoms. The van der Waals surface area contributed by atoms with Crippen LogP contribution >= 0.6 is 23.2 Å². The molecule has 2 amide bonds. The minimum atomic E-state index is -2.90. The molecular formula is C36H46Cl2N2O5Si. The van der Waals surface area contributed by atoms with E-state index in [-0.39, 0.29) is 30.7 Å². The van der Waals surface area contributed by atoms with Crippen LogP contribution in [0.3, 0.4) is 0 Å². The Morgan fingerprint density at radius 3 is 1.87 bits per heavy atom. The molecule has 0 spiro atoms. The summed E-state index contributed by atoms with van der Waals surface area (Å²) in [6.07, 6.45) is -1.45. The van der Waals surface area contributed by atoms with Crippen molar-refractivity contribution < 1.29 is 23.5 Å². The van der Waals surface area contributed by atoms with Gasteiger partial charge in [-0.1, -0.05) is 105 Å². The van der Waals surface area contributed by atoms with E-state index in [1.807, 2.05) is 71.0 Å². The number of ether oxygens (including phenoxy) is 2. The Hall–Kier alpha value is -2.88. The second-order valence-corrected chi connectivity index (χ2v) is 19.5. The van der Waals surface area contributed by atoms with Crippen molar-refractivity contribution in [3.63, 3.8) is 0 Å². The molecule has 0 aromatic heterocycles. The van der Waals surface area contributed by atoms with Crippen LogP contribution in [-0.4, -0.2) is 62.7 Å².